The fourth-order valence-electron chi connectivity index (χ4n) is 4.87. The van der Waals surface area contributed by atoms with E-state index in [2.05, 4.69) is 10.1 Å². The Hall–Kier alpha value is -4.42. The maximum absolute atomic E-state index is 13.3. The molecule has 4 heterocycles. The summed E-state index contributed by atoms with van der Waals surface area (Å²) < 4.78 is 50.5. The largest absolute Gasteiger partial charge is 0.443 e. The van der Waals surface area contributed by atoms with Gasteiger partial charge in [-0.3, -0.25) is 24.3 Å². The summed E-state index contributed by atoms with van der Waals surface area (Å²) in [6, 6.07) is 5.99. The minimum atomic E-state index is -4.64. The second kappa shape index (κ2) is 10.8. The number of H-pyrrole nitrogens is 1. The van der Waals surface area contributed by atoms with Crippen molar-refractivity contribution in [2.75, 3.05) is 6.54 Å². The molecule has 2 amide bonds. The average molecular weight is 587 g/mol. The van der Waals surface area contributed by atoms with Crippen LogP contribution in [-0.4, -0.2) is 44.3 Å². The van der Waals surface area contributed by atoms with Crippen molar-refractivity contribution in [3.8, 4) is 0 Å². The molecule has 222 valence electrons. The highest BCUT2D eigenvalue weighted by Gasteiger charge is 2.33. The van der Waals surface area contributed by atoms with Gasteiger partial charge in [0.25, 0.3) is 11.5 Å². The zero-order chi connectivity index (χ0) is 30.4. The summed E-state index contributed by atoms with van der Waals surface area (Å²) in [4.78, 5) is 57.4. The van der Waals surface area contributed by atoms with Gasteiger partial charge in [0.1, 0.15) is 18.2 Å². The molecule has 0 aliphatic carbocycles. The number of alkyl halides is 3. The van der Waals surface area contributed by atoms with E-state index >= 15 is 0 Å². The van der Waals surface area contributed by atoms with E-state index < -0.39 is 29.9 Å². The topological polar surface area (TPSA) is 126 Å². The number of aromatic amines is 1. The molecule has 42 heavy (non-hydrogen) atoms. The number of hydrogen-bond donors (Lipinski definition) is 1. The van der Waals surface area contributed by atoms with Crippen molar-refractivity contribution < 1.29 is 36.8 Å². The lowest BCUT2D eigenvalue weighted by atomic mass is 9.86. The number of rotatable bonds is 5. The summed E-state index contributed by atoms with van der Waals surface area (Å²) >= 11 is 0. The Morgan fingerprint density at radius 1 is 1.05 bits per heavy atom. The molecule has 0 atom stereocenters. The van der Waals surface area contributed by atoms with E-state index in [0.29, 0.717) is 36.0 Å². The van der Waals surface area contributed by atoms with Crippen molar-refractivity contribution >= 4 is 17.8 Å². The predicted octanol–water partition coefficient (Wildman–Crippen LogP) is 4.39. The molecule has 0 radical (unpaired) electrons. The first-order valence-electron chi connectivity index (χ1n) is 13.3. The minimum Gasteiger partial charge on any atom is -0.443 e. The number of ether oxygens (including phenoxy) is 1. The normalized spacial score (nSPS) is 14.9. The van der Waals surface area contributed by atoms with Gasteiger partial charge in [-0.1, -0.05) is 26.8 Å². The van der Waals surface area contributed by atoms with Crippen LogP contribution in [0.3, 0.4) is 0 Å². The Morgan fingerprint density at radius 3 is 2.50 bits per heavy atom. The molecule has 0 bridgehead atoms. The van der Waals surface area contributed by atoms with Crippen LogP contribution in [0.15, 0.2) is 39.8 Å². The molecule has 10 nitrogen and oxygen atoms in total. The van der Waals surface area contributed by atoms with Crippen molar-refractivity contribution in [1.82, 2.24) is 19.9 Å². The number of carbonyl (C=O) groups excluding carboxylic acids is 3. The fourth-order valence-corrected chi connectivity index (χ4v) is 4.87. The zero-order valence-electron chi connectivity index (χ0n) is 23.3. The first-order valence-corrected chi connectivity index (χ1v) is 13.3. The number of pyridine rings is 1. The SMILES string of the molecule is CC(C)(C)C(=O)Cc1cc(C(F)(F)F)cnc1COC(=O)N1Cc2ccc(C(=O)N3CCc4o[nH]c(=O)c4C3)cc2C1. The first-order chi connectivity index (χ1) is 19.7. The molecule has 2 aromatic heterocycles. The molecule has 0 unspecified atom stereocenters. The van der Waals surface area contributed by atoms with Crippen LogP contribution in [-0.2, 0) is 54.8 Å². The molecule has 2 aliphatic rings. The van der Waals surface area contributed by atoms with Crippen LogP contribution in [0.25, 0.3) is 0 Å². The van der Waals surface area contributed by atoms with Crippen molar-refractivity contribution in [1.29, 1.82) is 0 Å². The van der Waals surface area contributed by atoms with Gasteiger partial charge < -0.3 is 14.2 Å². The Morgan fingerprint density at radius 2 is 1.79 bits per heavy atom. The molecular weight excluding hydrogens is 557 g/mol. The van der Waals surface area contributed by atoms with Gasteiger partial charge in [0.2, 0.25) is 0 Å². The van der Waals surface area contributed by atoms with Crippen LogP contribution in [0.4, 0.5) is 18.0 Å². The minimum absolute atomic E-state index is 0.0488. The number of halogens is 3. The molecule has 1 N–H and O–H groups in total. The summed E-state index contributed by atoms with van der Waals surface area (Å²) in [5, 5.41) is 2.29. The number of Topliss-reactive ketones (excluding diaryl/α,β-unsaturated/α-hetero) is 1. The number of amides is 2. The molecule has 1 aromatic carbocycles. The Kier molecular flexibility index (Phi) is 7.46. The average Bonchev–Trinajstić information content (AvgIpc) is 3.53. The number of ketones is 1. The van der Waals surface area contributed by atoms with E-state index in [1.165, 1.54) is 4.90 Å². The Labute approximate surface area is 238 Å². The number of nitrogens with zero attached hydrogens (tertiary/aromatic N) is 3. The van der Waals surface area contributed by atoms with Crippen LogP contribution >= 0.6 is 0 Å². The first kappa shape index (κ1) is 29.1. The highest BCUT2D eigenvalue weighted by Crippen LogP contribution is 2.31. The lowest BCUT2D eigenvalue weighted by Gasteiger charge is -2.25. The molecule has 2 aliphatic heterocycles. The van der Waals surface area contributed by atoms with Crippen molar-refractivity contribution in [2.45, 2.75) is 66.0 Å². The summed E-state index contributed by atoms with van der Waals surface area (Å²) in [6.07, 6.45) is -4.56. The van der Waals surface area contributed by atoms with Crippen LogP contribution in [0.5, 0.6) is 0 Å². The van der Waals surface area contributed by atoms with Crippen LogP contribution < -0.4 is 5.56 Å². The van der Waals surface area contributed by atoms with Crippen molar-refractivity contribution in [2.24, 2.45) is 5.41 Å². The molecule has 3 aromatic rings. The smallest absolute Gasteiger partial charge is 0.417 e. The summed E-state index contributed by atoms with van der Waals surface area (Å²) in [6.45, 7) is 5.51. The highest BCUT2D eigenvalue weighted by molar-refractivity contribution is 5.94. The third-order valence-corrected chi connectivity index (χ3v) is 7.46. The van der Waals surface area contributed by atoms with Gasteiger partial charge in [-0.05, 0) is 34.9 Å². The van der Waals surface area contributed by atoms with Gasteiger partial charge >= 0.3 is 12.3 Å². The van der Waals surface area contributed by atoms with Gasteiger partial charge in [0, 0.05) is 49.7 Å². The summed E-state index contributed by atoms with van der Waals surface area (Å²) in [5.74, 6) is 0.0143. The van der Waals surface area contributed by atoms with Gasteiger partial charge in [-0.2, -0.15) is 18.3 Å². The number of fused-ring (bicyclic) bond motifs is 2. The van der Waals surface area contributed by atoms with E-state index in [0.717, 1.165) is 17.2 Å². The lowest BCUT2D eigenvalue weighted by molar-refractivity contribution is -0.138. The van der Waals surface area contributed by atoms with Crippen molar-refractivity contribution in [3.05, 3.63) is 85.7 Å². The van der Waals surface area contributed by atoms with Crippen molar-refractivity contribution in [3.63, 3.8) is 0 Å². The number of carbonyl (C=O) groups is 3. The Balaban J connectivity index is 1.25. The van der Waals surface area contributed by atoms with E-state index in [1.54, 1.807) is 43.9 Å². The molecule has 0 saturated carbocycles. The third-order valence-electron chi connectivity index (χ3n) is 7.46. The fraction of sp³-hybridized carbons (Fsp3) is 0.414. The molecule has 5 rings (SSSR count). The second-order valence-electron chi connectivity index (χ2n) is 11.5. The number of aromatic nitrogens is 2. The summed E-state index contributed by atoms with van der Waals surface area (Å²) in [5.41, 5.74) is 0.402. The maximum atomic E-state index is 13.3. The molecule has 0 spiro atoms. The monoisotopic (exact) mass is 586 g/mol. The molecular formula is C29H29F3N4O6. The molecule has 13 heteroatoms. The van der Waals surface area contributed by atoms with Crippen LogP contribution in [0, 0.1) is 5.41 Å². The summed E-state index contributed by atoms with van der Waals surface area (Å²) in [7, 11) is 0. The van der Waals surface area contributed by atoms with Gasteiger partial charge in [0.05, 0.1) is 23.4 Å². The van der Waals surface area contributed by atoms with Gasteiger partial charge in [0.15, 0.2) is 0 Å². The Bertz CT molecular complexity index is 1620. The van der Waals surface area contributed by atoms with E-state index in [9.17, 15) is 32.3 Å². The zero-order valence-corrected chi connectivity index (χ0v) is 23.3. The maximum Gasteiger partial charge on any atom is 0.417 e. The van der Waals surface area contributed by atoms with Gasteiger partial charge in [-0.25, -0.2) is 4.79 Å². The third kappa shape index (κ3) is 5.95. The van der Waals surface area contributed by atoms with Gasteiger partial charge in [-0.15, -0.1) is 0 Å². The lowest BCUT2D eigenvalue weighted by Crippen LogP contribution is -2.37. The van der Waals surface area contributed by atoms with Crippen LogP contribution in [0.2, 0.25) is 0 Å². The standard InChI is InChI=1S/C29H29F3N4O6/c1-28(2,3)24(37)10-18-9-20(29(30,31)32)11-33-22(18)15-41-27(40)36-12-17-5-4-16(8-19(17)13-36)26(39)35-7-6-23-21(14-35)25(38)34-42-23/h4-5,8-9,11H,6-7,10,12-15H2,1-3H3,(H,34,38). The van der Waals surface area contributed by atoms with E-state index in [-0.39, 0.29) is 54.6 Å². The highest BCUT2D eigenvalue weighted by atomic mass is 19.4. The number of nitrogens with one attached hydrogen (secondary N) is 1. The number of benzene rings is 1. The van der Waals surface area contributed by atoms with E-state index in [4.69, 9.17) is 9.26 Å². The van der Waals surface area contributed by atoms with Crippen LogP contribution in [0.1, 0.15) is 70.4 Å². The number of hydrogen-bond acceptors (Lipinski definition) is 7. The quantitative estimate of drug-likeness (QED) is 0.470. The molecule has 0 saturated heterocycles. The van der Waals surface area contributed by atoms with E-state index in [1.807, 2.05) is 0 Å². The predicted molar refractivity (Wildman–Crippen MR) is 141 cm³/mol. The molecule has 0 fully saturated rings. The second-order valence-corrected chi connectivity index (χ2v) is 11.5.